The molecule has 5 aliphatic rings. The first kappa shape index (κ1) is 25.5. The van der Waals surface area contributed by atoms with Crippen molar-refractivity contribution in [3.63, 3.8) is 0 Å². The Balaban J connectivity index is 1.64. The zero-order chi connectivity index (χ0) is 25.8. The van der Waals surface area contributed by atoms with E-state index < -0.39 is 11.5 Å². The number of aliphatic hydroxyl groups excluding tert-OH is 2. The molecule has 5 rings (SSSR count). The van der Waals surface area contributed by atoms with Crippen LogP contribution in [0.25, 0.3) is 0 Å². The van der Waals surface area contributed by atoms with Crippen LogP contribution in [0.4, 0.5) is 0 Å². The van der Waals surface area contributed by atoms with Gasteiger partial charge in [-0.3, -0.25) is 4.79 Å². The summed E-state index contributed by atoms with van der Waals surface area (Å²) in [6.45, 7) is 16.3. The summed E-state index contributed by atoms with van der Waals surface area (Å²) >= 11 is 0. The van der Waals surface area contributed by atoms with Crippen LogP contribution in [0.2, 0.25) is 0 Å². The third kappa shape index (κ3) is 3.02. The van der Waals surface area contributed by atoms with E-state index in [1.807, 2.05) is 6.92 Å². The quantitative estimate of drug-likeness (QED) is 0.434. The molecule has 196 valence electrons. The fourth-order valence-corrected chi connectivity index (χ4v) is 10.2. The number of fused-ring (bicyclic) bond motifs is 6. The van der Waals surface area contributed by atoms with E-state index in [1.165, 1.54) is 24.7 Å². The van der Waals surface area contributed by atoms with Crippen LogP contribution < -0.4 is 0 Å². The Morgan fingerprint density at radius 1 is 0.943 bits per heavy atom. The average Bonchev–Trinajstić information content (AvgIpc) is 2.78. The molecule has 4 heteroatoms. The lowest BCUT2D eigenvalue weighted by molar-refractivity contribution is -0.183. The summed E-state index contributed by atoms with van der Waals surface area (Å²) in [5.74, 6) is 0.688. The van der Waals surface area contributed by atoms with Gasteiger partial charge in [-0.05, 0) is 103 Å². The summed E-state index contributed by atoms with van der Waals surface area (Å²) in [6, 6.07) is 0. The molecule has 0 aromatic rings. The second kappa shape index (κ2) is 7.47. The van der Waals surface area contributed by atoms with Gasteiger partial charge in [-0.1, -0.05) is 59.3 Å². The van der Waals surface area contributed by atoms with Gasteiger partial charge in [0.05, 0.1) is 24.7 Å². The maximum Gasteiger partial charge on any atom is 0.314 e. The van der Waals surface area contributed by atoms with Crippen LogP contribution in [-0.4, -0.2) is 35.5 Å². The number of aliphatic hydroxyl groups is 2. The van der Waals surface area contributed by atoms with Crippen molar-refractivity contribution in [3.05, 3.63) is 23.3 Å². The topological polar surface area (TPSA) is 66.8 Å². The molecule has 2 N–H and O–H groups in total. The average molecular weight is 485 g/mol. The fraction of sp³-hybridized carbons (Fsp3) is 0.839. The van der Waals surface area contributed by atoms with Crippen molar-refractivity contribution in [2.45, 2.75) is 112 Å². The smallest absolute Gasteiger partial charge is 0.314 e. The number of hydrogen-bond acceptors (Lipinski definition) is 4. The molecular weight excluding hydrogens is 436 g/mol. The van der Waals surface area contributed by atoms with Gasteiger partial charge < -0.3 is 14.9 Å². The van der Waals surface area contributed by atoms with Crippen molar-refractivity contribution >= 4 is 5.97 Å². The number of hydrogen-bond donors (Lipinski definition) is 2. The lowest BCUT2D eigenvalue weighted by atomic mass is 9.35. The first-order chi connectivity index (χ1) is 16.1. The minimum absolute atomic E-state index is 0.0365. The van der Waals surface area contributed by atoms with Gasteiger partial charge in [-0.15, -0.1) is 0 Å². The molecule has 0 amide bonds. The van der Waals surface area contributed by atoms with Gasteiger partial charge in [0.1, 0.15) is 0 Å². The van der Waals surface area contributed by atoms with E-state index in [4.69, 9.17) is 4.74 Å². The number of ether oxygens (including phenoxy) is 1. The van der Waals surface area contributed by atoms with Crippen molar-refractivity contribution in [1.29, 1.82) is 0 Å². The van der Waals surface area contributed by atoms with E-state index in [2.05, 4.69) is 53.7 Å². The number of carbonyl (C=O) groups excluding carboxylic acids is 1. The minimum Gasteiger partial charge on any atom is -0.469 e. The first-order valence-corrected chi connectivity index (χ1v) is 14.0. The van der Waals surface area contributed by atoms with Gasteiger partial charge in [0.2, 0.25) is 0 Å². The van der Waals surface area contributed by atoms with Crippen molar-refractivity contribution < 1.29 is 19.7 Å². The van der Waals surface area contributed by atoms with Crippen LogP contribution in [0.15, 0.2) is 23.3 Å². The van der Waals surface area contributed by atoms with Crippen LogP contribution in [0.1, 0.15) is 99.8 Å². The molecule has 3 fully saturated rings. The Hall–Kier alpha value is -1.13. The molecule has 0 heterocycles. The molecule has 3 saturated carbocycles. The SMILES string of the molecule is COC(=O)[C@@]1(C)CC2=C3C=C[C@@H]4[C@@]5(C)CC[C@H](O)C(C)(C)[C@@H]5CC[C@@]4(C)[C@]3(C)CC[C@@]2(C)C[C@H]1O. The summed E-state index contributed by atoms with van der Waals surface area (Å²) in [7, 11) is 1.44. The Kier molecular flexibility index (Phi) is 5.44. The monoisotopic (exact) mass is 484 g/mol. The van der Waals surface area contributed by atoms with Gasteiger partial charge in [-0.25, -0.2) is 0 Å². The molecule has 0 radical (unpaired) electrons. The van der Waals surface area contributed by atoms with Crippen molar-refractivity contribution in [2.24, 2.45) is 44.3 Å². The largest absolute Gasteiger partial charge is 0.469 e. The summed E-state index contributed by atoms with van der Waals surface area (Å²) in [4.78, 5) is 12.9. The number of rotatable bonds is 1. The van der Waals surface area contributed by atoms with Gasteiger partial charge in [0, 0.05) is 0 Å². The Morgan fingerprint density at radius 2 is 1.63 bits per heavy atom. The second-order valence-corrected chi connectivity index (χ2v) is 14.8. The van der Waals surface area contributed by atoms with Crippen molar-refractivity contribution in [3.8, 4) is 0 Å². The van der Waals surface area contributed by atoms with Gasteiger partial charge in [-0.2, -0.15) is 0 Å². The highest BCUT2D eigenvalue weighted by atomic mass is 16.5. The molecule has 5 aliphatic carbocycles. The summed E-state index contributed by atoms with van der Waals surface area (Å²) in [5.41, 5.74) is 2.13. The fourth-order valence-electron chi connectivity index (χ4n) is 10.2. The molecule has 4 nitrogen and oxygen atoms in total. The zero-order valence-corrected chi connectivity index (χ0v) is 23.3. The highest BCUT2D eigenvalue weighted by Crippen LogP contribution is 2.74. The molecule has 9 atom stereocenters. The Morgan fingerprint density at radius 3 is 2.29 bits per heavy atom. The standard InChI is InChI=1S/C31H48O4/c1-26(2)21-11-14-31(7)22(28(21,4)13-12-23(26)32)10-9-19-20-17-29(5,25(34)35-8)24(33)18-27(20,3)15-16-30(19,31)6/h9-10,21-24,32-33H,11-18H2,1-8H3/t21-,22+,23-,24+,27-,28-,29-,30+,31+/m0/s1. The van der Waals surface area contributed by atoms with Crippen molar-refractivity contribution in [2.75, 3.05) is 7.11 Å². The van der Waals surface area contributed by atoms with Crippen LogP contribution in [0, 0.1) is 44.3 Å². The molecule has 0 saturated heterocycles. The molecule has 0 unspecified atom stereocenters. The Bertz CT molecular complexity index is 994. The number of carbonyl (C=O) groups is 1. The van der Waals surface area contributed by atoms with Crippen LogP contribution in [0.5, 0.6) is 0 Å². The molecule has 0 aliphatic heterocycles. The lowest BCUT2D eigenvalue weighted by Crippen LogP contribution is -2.63. The summed E-state index contributed by atoms with van der Waals surface area (Å²) in [5, 5.41) is 22.0. The van der Waals surface area contributed by atoms with Crippen LogP contribution >= 0.6 is 0 Å². The van der Waals surface area contributed by atoms with Gasteiger partial charge >= 0.3 is 5.97 Å². The van der Waals surface area contributed by atoms with E-state index in [0.29, 0.717) is 24.7 Å². The zero-order valence-electron chi connectivity index (χ0n) is 23.3. The van der Waals surface area contributed by atoms with Crippen LogP contribution in [-0.2, 0) is 9.53 Å². The second-order valence-electron chi connectivity index (χ2n) is 14.8. The summed E-state index contributed by atoms with van der Waals surface area (Å²) in [6.07, 6.45) is 11.7. The third-order valence-electron chi connectivity index (χ3n) is 13.0. The van der Waals surface area contributed by atoms with Crippen molar-refractivity contribution in [1.82, 2.24) is 0 Å². The number of allylic oxidation sites excluding steroid dienone is 4. The molecule has 0 aromatic carbocycles. The highest BCUT2D eigenvalue weighted by Gasteiger charge is 2.67. The first-order valence-electron chi connectivity index (χ1n) is 14.0. The van der Waals surface area contributed by atoms with Gasteiger partial charge in [0.15, 0.2) is 0 Å². The van der Waals surface area contributed by atoms with Gasteiger partial charge in [0.25, 0.3) is 0 Å². The van der Waals surface area contributed by atoms with E-state index in [1.54, 1.807) is 0 Å². The maximum atomic E-state index is 12.9. The third-order valence-corrected chi connectivity index (χ3v) is 13.0. The normalized spacial score (nSPS) is 52.6. The lowest BCUT2D eigenvalue weighted by Gasteiger charge is -2.69. The molecule has 0 aromatic heterocycles. The molecule has 0 bridgehead atoms. The number of esters is 1. The van der Waals surface area contributed by atoms with E-state index >= 15 is 0 Å². The molecular formula is C31H48O4. The minimum atomic E-state index is -0.895. The van der Waals surface area contributed by atoms with E-state index in [-0.39, 0.29) is 39.1 Å². The highest BCUT2D eigenvalue weighted by molar-refractivity contribution is 5.78. The summed E-state index contributed by atoms with van der Waals surface area (Å²) < 4.78 is 5.18. The predicted molar refractivity (Wildman–Crippen MR) is 138 cm³/mol. The van der Waals surface area contributed by atoms with E-state index in [0.717, 1.165) is 32.1 Å². The Labute approximate surface area is 212 Å². The predicted octanol–water partition coefficient (Wildman–Crippen LogP) is 6.21. The molecule has 0 spiro atoms. The maximum absolute atomic E-state index is 12.9. The van der Waals surface area contributed by atoms with E-state index in [9.17, 15) is 15.0 Å². The number of methoxy groups -OCH3 is 1. The van der Waals surface area contributed by atoms with Crippen LogP contribution in [0.3, 0.4) is 0 Å². The molecule has 35 heavy (non-hydrogen) atoms.